The lowest BCUT2D eigenvalue weighted by Crippen LogP contribution is -2.47. The maximum atomic E-state index is 13.0. The number of halogens is 1. The molecule has 0 saturated heterocycles. The Morgan fingerprint density at radius 1 is 0.875 bits per heavy atom. The molecule has 0 saturated carbocycles. The largest absolute Gasteiger partial charge is 0.490 e. The van der Waals surface area contributed by atoms with E-state index < -0.39 is 18.5 Å². The minimum atomic E-state index is -1.59. The van der Waals surface area contributed by atoms with Gasteiger partial charge >= 0.3 is 13.1 Å². The van der Waals surface area contributed by atoms with Gasteiger partial charge in [-0.25, -0.2) is 4.39 Å². The van der Waals surface area contributed by atoms with Crippen LogP contribution < -0.4 is 10.8 Å². The van der Waals surface area contributed by atoms with E-state index in [1.165, 1.54) is 13.2 Å². The summed E-state index contributed by atoms with van der Waals surface area (Å²) in [6.45, 7) is 1.92. The van der Waals surface area contributed by atoms with Crippen LogP contribution in [-0.4, -0.2) is 41.8 Å². The van der Waals surface area contributed by atoms with E-state index in [1.807, 2.05) is 61.5 Å². The molecule has 0 amide bonds. The number of aryl methyl sites for hydroxylation is 1. The maximum Gasteiger partial charge on any atom is 0.490 e. The third-order valence-electron chi connectivity index (χ3n) is 6.69. The van der Waals surface area contributed by atoms with E-state index in [2.05, 4.69) is 46.7 Å². The standard InChI is InChI=1S/C22H21NO2.C10H9BFNO2/c1-25-21(24)17-23-22(18-11-5-2-6-12-18,19-13-7-3-8-14-19)20-15-9-4-10-16-20;1-6-2-3-9(11(14)15)10-8(6)4-7(12)5-13-10/h2-16,23H,17H2,1H3;2-5,14-15H,1H3. The van der Waals surface area contributed by atoms with Gasteiger partial charge in [0.05, 0.1) is 30.9 Å². The molecule has 0 aliphatic carbocycles. The van der Waals surface area contributed by atoms with E-state index in [9.17, 15) is 9.18 Å². The molecule has 0 bridgehead atoms. The summed E-state index contributed by atoms with van der Waals surface area (Å²) in [7, 11) is -0.190. The minimum absolute atomic E-state index is 0.106. The number of nitrogens with one attached hydrogen (secondary N) is 1. The van der Waals surface area contributed by atoms with Crippen LogP contribution in [0.2, 0.25) is 0 Å². The summed E-state index contributed by atoms with van der Waals surface area (Å²) >= 11 is 0. The molecule has 5 aromatic rings. The zero-order chi connectivity index (χ0) is 28.5. The number of nitrogens with zero attached hydrogens (tertiary/aromatic N) is 1. The van der Waals surface area contributed by atoms with E-state index in [1.54, 1.807) is 12.1 Å². The summed E-state index contributed by atoms with van der Waals surface area (Å²) in [6.07, 6.45) is 1.06. The first-order valence-electron chi connectivity index (χ1n) is 12.8. The number of methoxy groups -OCH3 is 1. The average molecular weight is 536 g/mol. The second-order valence-corrected chi connectivity index (χ2v) is 9.17. The Kier molecular flexibility index (Phi) is 9.40. The molecule has 8 heteroatoms. The number of ether oxygens (including phenoxy) is 1. The highest BCUT2D eigenvalue weighted by Crippen LogP contribution is 2.36. The van der Waals surface area contributed by atoms with Crippen molar-refractivity contribution in [2.24, 2.45) is 0 Å². The molecule has 202 valence electrons. The van der Waals surface area contributed by atoms with Gasteiger partial charge in [0.15, 0.2) is 0 Å². The third kappa shape index (κ3) is 6.26. The van der Waals surface area contributed by atoms with Crippen molar-refractivity contribution >= 4 is 29.5 Å². The summed E-state index contributed by atoms with van der Waals surface area (Å²) in [5.41, 5.74) is 4.12. The topological polar surface area (TPSA) is 91.7 Å². The van der Waals surface area contributed by atoms with Gasteiger partial charge in [0.1, 0.15) is 5.82 Å². The summed E-state index contributed by atoms with van der Waals surface area (Å²) in [5, 5.41) is 22.3. The van der Waals surface area contributed by atoms with Gasteiger partial charge in [-0.05, 0) is 35.2 Å². The summed E-state index contributed by atoms with van der Waals surface area (Å²) in [5.74, 6) is -0.734. The lowest BCUT2D eigenvalue weighted by atomic mass is 9.77. The zero-order valence-electron chi connectivity index (χ0n) is 22.3. The predicted octanol–water partition coefficient (Wildman–Crippen LogP) is 4.10. The van der Waals surface area contributed by atoms with Crippen LogP contribution in [0.5, 0.6) is 0 Å². The Labute approximate surface area is 233 Å². The SMILES string of the molecule is COC(=O)CNC(c1ccccc1)(c1ccccc1)c1ccccc1.Cc1ccc(B(O)O)c2ncc(F)cc12. The Morgan fingerprint density at radius 3 is 1.82 bits per heavy atom. The Bertz CT molecular complexity index is 1450. The van der Waals surface area contributed by atoms with E-state index in [0.29, 0.717) is 10.9 Å². The van der Waals surface area contributed by atoms with Crippen molar-refractivity contribution in [2.45, 2.75) is 12.5 Å². The first kappa shape index (κ1) is 28.6. The van der Waals surface area contributed by atoms with Gasteiger partial charge in [-0.15, -0.1) is 0 Å². The molecular weight excluding hydrogens is 506 g/mol. The van der Waals surface area contributed by atoms with Crippen LogP contribution >= 0.6 is 0 Å². The van der Waals surface area contributed by atoms with E-state index in [0.717, 1.165) is 28.5 Å². The molecule has 0 atom stereocenters. The summed E-state index contributed by atoms with van der Waals surface area (Å²) in [4.78, 5) is 15.7. The summed E-state index contributed by atoms with van der Waals surface area (Å²) < 4.78 is 17.8. The first-order valence-corrected chi connectivity index (χ1v) is 12.8. The highest BCUT2D eigenvalue weighted by atomic mass is 19.1. The predicted molar refractivity (Wildman–Crippen MR) is 155 cm³/mol. The molecular formula is C32H30BFN2O4. The number of hydrogen-bond donors (Lipinski definition) is 3. The van der Waals surface area contributed by atoms with Crippen LogP contribution in [0.3, 0.4) is 0 Å². The van der Waals surface area contributed by atoms with Crippen LogP contribution in [-0.2, 0) is 15.1 Å². The maximum absolute atomic E-state index is 13.0. The Morgan fingerprint density at radius 2 is 1.38 bits per heavy atom. The monoisotopic (exact) mass is 536 g/mol. The number of pyridine rings is 1. The van der Waals surface area contributed by atoms with Gasteiger partial charge in [-0.2, -0.15) is 0 Å². The fourth-order valence-corrected chi connectivity index (χ4v) is 4.71. The van der Waals surface area contributed by atoms with Crippen molar-refractivity contribution in [1.29, 1.82) is 0 Å². The molecule has 6 nitrogen and oxygen atoms in total. The number of aromatic nitrogens is 1. The van der Waals surface area contributed by atoms with Crippen LogP contribution in [0, 0.1) is 12.7 Å². The number of benzene rings is 4. The normalized spacial score (nSPS) is 10.9. The molecule has 1 aromatic heterocycles. The fourth-order valence-electron chi connectivity index (χ4n) is 4.71. The number of carbonyl (C=O) groups is 1. The van der Waals surface area contributed by atoms with E-state index >= 15 is 0 Å². The van der Waals surface area contributed by atoms with Crippen molar-refractivity contribution in [3.63, 3.8) is 0 Å². The summed E-state index contributed by atoms with van der Waals surface area (Å²) in [6, 6.07) is 35.1. The van der Waals surface area contributed by atoms with Gasteiger partial charge in [0.25, 0.3) is 0 Å². The lowest BCUT2D eigenvalue weighted by molar-refractivity contribution is -0.139. The second kappa shape index (κ2) is 13.1. The molecule has 5 rings (SSSR count). The molecule has 0 aliphatic heterocycles. The number of fused-ring (bicyclic) bond motifs is 1. The number of hydrogen-bond acceptors (Lipinski definition) is 6. The molecule has 40 heavy (non-hydrogen) atoms. The van der Waals surface area contributed by atoms with Gasteiger partial charge in [-0.3, -0.25) is 15.1 Å². The van der Waals surface area contributed by atoms with Crippen molar-refractivity contribution in [3.8, 4) is 0 Å². The Balaban J connectivity index is 0.000000210. The van der Waals surface area contributed by atoms with Crippen LogP contribution in [0.1, 0.15) is 22.3 Å². The molecule has 3 N–H and O–H groups in total. The van der Waals surface area contributed by atoms with Gasteiger partial charge < -0.3 is 14.8 Å². The molecule has 0 fully saturated rings. The van der Waals surface area contributed by atoms with E-state index in [4.69, 9.17) is 14.8 Å². The van der Waals surface area contributed by atoms with Gasteiger partial charge in [0, 0.05) is 10.8 Å². The molecule has 0 radical (unpaired) electrons. The molecule has 0 unspecified atom stereocenters. The van der Waals surface area contributed by atoms with Crippen LogP contribution in [0.15, 0.2) is 115 Å². The van der Waals surface area contributed by atoms with Crippen molar-refractivity contribution < 1.29 is 24.0 Å². The smallest absolute Gasteiger partial charge is 0.468 e. The highest BCUT2D eigenvalue weighted by molar-refractivity contribution is 6.61. The van der Waals surface area contributed by atoms with Crippen molar-refractivity contribution in [2.75, 3.05) is 13.7 Å². The fraction of sp³-hybridized carbons (Fsp3) is 0.125. The first-order chi connectivity index (χ1) is 19.4. The quantitative estimate of drug-likeness (QED) is 0.165. The number of rotatable bonds is 7. The third-order valence-corrected chi connectivity index (χ3v) is 6.69. The lowest BCUT2D eigenvalue weighted by Gasteiger charge is -2.36. The zero-order valence-corrected chi connectivity index (χ0v) is 22.3. The van der Waals surface area contributed by atoms with Gasteiger partial charge in [-0.1, -0.05) is 103 Å². The van der Waals surface area contributed by atoms with Crippen molar-refractivity contribution in [1.82, 2.24) is 10.3 Å². The van der Waals surface area contributed by atoms with Crippen LogP contribution in [0.4, 0.5) is 4.39 Å². The van der Waals surface area contributed by atoms with Crippen LogP contribution in [0.25, 0.3) is 10.9 Å². The van der Waals surface area contributed by atoms with Gasteiger partial charge in [0.2, 0.25) is 0 Å². The Hall–Kier alpha value is -4.37. The number of carbonyl (C=O) groups excluding carboxylic acids is 1. The van der Waals surface area contributed by atoms with E-state index in [-0.39, 0.29) is 18.0 Å². The molecule has 0 spiro atoms. The second-order valence-electron chi connectivity index (χ2n) is 9.17. The number of esters is 1. The minimum Gasteiger partial charge on any atom is -0.468 e. The molecule has 0 aliphatic rings. The average Bonchev–Trinajstić information content (AvgIpc) is 2.99. The van der Waals surface area contributed by atoms with Crippen molar-refractivity contribution in [3.05, 3.63) is 143 Å². The molecule has 1 heterocycles. The highest BCUT2D eigenvalue weighted by Gasteiger charge is 2.36. The molecule has 4 aromatic carbocycles.